The van der Waals surface area contributed by atoms with Crippen LogP contribution in [0.3, 0.4) is 0 Å². The Morgan fingerprint density at radius 2 is 1.68 bits per heavy atom. The monoisotopic (exact) mass is 741 g/mol. The van der Waals surface area contributed by atoms with Gasteiger partial charge in [0, 0.05) is 49.8 Å². The van der Waals surface area contributed by atoms with Crippen LogP contribution in [0.4, 0.5) is 8.78 Å². The van der Waals surface area contributed by atoms with Gasteiger partial charge in [-0.3, -0.25) is 4.39 Å². The molecule has 0 unspecified atom stereocenters. The van der Waals surface area contributed by atoms with Gasteiger partial charge in [0.2, 0.25) is 0 Å². The second-order valence-electron chi connectivity index (χ2n) is 11.0. The van der Waals surface area contributed by atoms with Crippen molar-refractivity contribution in [2.45, 2.75) is 39.4 Å². The fourth-order valence-corrected chi connectivity index (χ4v) is 5.47. The van der Waals surface area contributed by atoms with Gasteiger partial charge in [-0.25, -0.2) is 4.39 Å². The quantitative estimate of drug-likeness (QED) is 0.134. The molecule has 0 amide bonds. The van der Waals surface area contributed by atoms with E-state index in [0.717, 1.165) is 16.8 Å². The molecule has 41 heavy (non-hydrogen) atoms. The van der Waals surface area contributed by atoms with Gasteiger partial charge in [0.15, 0.2) is 0 Å². The summed E-state index contributed by atoms with van der Waals surface area (Å²) in [4.78, 5) is 8.89. The molecule has 0 atom stereocenters. The van der Waals surface area contributed by atoms with E-state index < -0.39 is 19.7 Å². The van der Waals surface area contributed by atoms with E-state index >= 15 is 0 Å². The SMILES string of the molecule is CC(C)c1ccnc(-c2[c-]cc(F)c3c2oc2cc(F)ccc23)c1.C[Si](C)(C)c1ccc(-c2[c-]cccc2)nc1.[Ir]. The van der Waals surface area contributed by atoms with E-state index in [1.165, 1.54) is 29.5 Å². The molecule has 0 fully saturated rings. The zero-order valence-corrected chi connectivity index (χ0v) is 26.9. The van der Waals surface area contributed by atoms with E-state index in [1.807, 2.05) is 42.6 Å². The number of halogens is 2. The van der Waals surface area contributed by atoms with Crippen molar-refractivity contribution in [1.82, 2.24) is 9.97 Å². The molecule has 3 nitrogen and oxygen atoms in total. The molecule has 7 heteroatoms. The number of rotatable bonds is 4. The Morgan fingerprint density at radius 3 is 2.34 bits per heavy atom. The number of fused-ring (bicyclic) bond motifs is 3. The van der Waals surface area contributed by atoms with Crippen molar-refractivity contribution < 1.29 is 33.3 Å². The van der Waals surface area contributed by atoms with E-state index in [0.29, 0.717) is 39.1 Å². The fourth-order valence-electron chi connectivity index (χ4n) is 4.44. The predicted octanol–water partition coefficient (Wildman–Crippen LogP) is 8.94. The van der Waals surface area contributed by atoms with Gasteiger partial charge in [0.1, 0.15) is 11.4 Å². The molecular weight excluding hydrogens is 711 g/mol. The molecule has 6 rings (SSSR count). The van der Waals surface area contributed by atoms with Crippen LogP contribution in [-0.4, -0.2) is 18.0 Å². The van der Waals surface area contributed by atoms with E-state index in [4.69, 9.17) is 4.42 Å². The third kappa shape index (κ3) is 6.70. The van der Waals surface area contributed by atoms with Gasteiger partial charge in [-0.05, 0) is 46.1 Å². The molecule has 211 valence electrons. The number of hydrogen-bond acceptors (Lipinski definition) is 3. The van der Waals surface area contributed by atoms with Gasteiger partial charge >= 0.3 is 0 Å². The summed E-state index contributed by atoms with van der Waals surface area (Å²) in [5.74, 6) is -0.529. The number of nitrogens with zero attached hydrogens (tertiary/aromatic N) is 2. The minimum atomic E-state index is -1.23. The number of hydrogen-bond donors (Lipinski definition) is 0. The number of pyridine rings is 2. The summed E-state index contributed by atoms with van der Waals surface area (Å²) in [5, 5.41) is 2.27. The molecular formula is C34H30F2IrN2OSi-2. The zero-order chi connectivity index (χ0) is 28.4. The summed E-state index contributed by atoms with van der Waals surface area (Å²) < 4.78 is 33.6. The summed E-state index contributed by atoms with van der Waals surface area (Å²) in [5.41, 5.74) is 5.06. The Hall–Kier alpha value is -3.51. The van der Waals surface area contributed by atoms with Gasteiger partial charge < -0.3 is 14.4 Å². The Labute approximate surface area is 254 Å². The van der Waals surface area contributed by atoms with Crippen molar-refractivity contribution in [3.63, 3.8) is 0 Å². The molecule has 3 aromatic carbocycles. The van der Waals surface area contributed by atoms with Crippen molar-refractivity contribution >= 4 is 35.2 Å². The van der Waals surface area contributed by atoms with E-state index in [1.54, 1.807) is 6.20 Å². The molecule has 3 heterocycles. The third-order valence-electron chi connectivity index (χ3n) is 6.78. The number of benzene rings is 3. The van der Waals surface area contributed by atoms with Crippen LogP contribution in [0, 0.1) is 23.8 Å². The van der Waals surface area contributed by atoms with Gasteiger partial charge in [0.05, 0.1) is 13.7 Å². The molecule has 0 aliphatic rings. The third-order valence-corrected chi connectivity index (χ3v) is 8.81. The van der Waals surface area contributed by atoms with Gasteiger partial charge in [0.25, 0.3) is 0 Å². The predicted molar refractivity (Wildman–Crippen MR) is 161 cm³/mol. The van der Waals surface area contributed by atoms with Crippen molar-refractivity contribution in [2.75, 3.05) is 0 Å². The minimum Gasteiger partial charge on any atom is -0.500 e. The average molecular weight is 741 g/mol. The molecule has 0 spiro atoms. The largest absolute Gasteiger partial charge is 0.500 e. The van der Waals surface area contributed by atoms with Crippen molar-refractivity contribution in [3.05, 3.63) is 115 Å². The first kappa shape index (κ1) is 30.4. The second kappa shape index (κ2) is 12.6. The molecule has 0 saturated heterocycles. The van der Waals surface area contributed by atoms with E-state index in [9.17, 15) is 8.78 Å². The second-order valence-corrected chi connectivity index (χ2v) is 16.1. The van der Waals surface area contributed by atoms with Crippen LogP contribution in [0.25, 0.3) is 44.5 Å². The molecule has 0 saturated carbocycles. The molecule has 6 aromatic rings. The number of furan rings is 1. The van der Waals surface area contributed by atoms with Crippen molar-refractivity contribution in [3.8, 4) is 22.5 Å². The topological polar surface area (TPSA) is 38.9 Å². The van der Waals surface area contributed by atoms with Crippen molar-refractivity contribution in [2.24, 2.45) is 0 Å². The Balaban J connectivity index is 0.000000200. The van der Waals surface area contributed by atoms with E-state index in [-0.39, 0.29) is 20.1 Å². The maximum atomic E-state index is 14.3. The molecule has 0 bridgehead atoms. The van der Waals surface area contributed by atoms with Crippen LogP contribution in [0.1, 0.15) is 25.3 Å². The summed E-state index contributed by atoms with van der Waals surface area (Å²) in [6.07, 6.45) is 3.73. The van der Waals surface area contributed by atoms with Crippen LogP contribution in [0.15, 0.2) is 89.6 Å². The molecule has 0 aliphatic carbocycles. The van der Waals surface area contributed by atoms with Crippen LogP contribution < -0.4 is 5.19 Å². The maximum Gasteiger partial charge on any atom is 0.126 e. The number of aromatic nitrogens is 2. The molecule has 3 aromatic heterocycles. The van der Waals surface area contributed by atoms with Crippen LogP contribution >= 0.6 is 0 Å². The summed E-state index contributed by atoms with van der Waals surface area (Å²) in [6.45, 7) is 11.2. The first-order chi connectivity index (χ1) is 19.1. The first-order valence-electron chi connectivity index (χ1n) is 13.2. The fraction of sp³-hybridized carbons (Fsp3) is 0.176. The summed E-state index contributed by atoms with van der Waals surface area (Å²) in [7, 11) is -1.23. The Morgan fingerprint density at radius 1 is 0.878 bits per heavy atom. The summed E-state index contributed by atoms with van der Waals surface area (Å²) in [6, 6.07) is 27.6. The van der Waals surface area contributed by atoms with Gasteiger partial charge in [-0.1, -0.05) is 62.8 Å². The van der Waals surface area contributed by atoms with Crippen LogP contribution in [0.2, 0.25) is 19.6 Å². The van der Waals surface area contributed by atoms with Gasteiger partial charge in [-0.2, -0.15) is 0 Å². The van der Waals surface area contributed by atoms with Crippen LogP contribution in [-0.2, 0) is 20.1 Å². The Bertz CT molecular complexity index is 1780. The molecule has 0 aliphatic heterocycles. The zero-order valence-electron chi connectivity index (χ0n) is 23.6. The smallest absolute Gasteiger partial charge is 0.126 e. The maximum absolute atomic E-state index is 14.3. The van der Waals surface area contributed by atoms with Crippen LogP contribution in [0.5, 0.6) is 0 Å². The van der Waals surface area contributed by atoms with E-state index in [2.05, 4.69) is 67.7 Å². The first-order valence-corrected chi connectivity index (χ1v) is 16.7. The standard InChI is InChI=1S/C20H14F2NO.C14H16NSi.Ir/c1-11(2)12-7-8-23-17(9-12)14-5-6-16(22)19-15-4-3-13(21)10-18(15)24-20(14)19;1-16(2,3)13-9-10-14(15-11-13)12-7-5-4-6-8-12;/h3-4,6-11H,1-2H3;4-7,9-11H,1-3H3;/q2*-1;. The molecule has 0 N–H and O–H groups in total. The van der Waals surface area contributed by atoms with Crippen molar-refractivity contribution in [1.29, 1.82) is 0 Å². The molecule has 1 radical (unpaired) electrons. The Kier molecular flexibility index (Phi) is 9.33. The normalized spacial score (nSPS) is 11.3. The average Bonchev–Trinajstić information content (AvgIpc) is 3.33. The van der Waals surface area contributed by atoms with Gasteiger partial charge in [-0.15, -0.1) is 48.0 Å². The minimum absolute atomic E-state index is 0. The summed E-state index contributed by atoms with van der Waals surface area (Å²) >= 11 is 0.